The summed E-state index contributed by atoms with van der Waals surface area (Å²) in [5.41, 5.74) is 10.5. The summed E-state index contributed by atoms with van der Waals surface area (Å²) < 4.78 is 18.1. The van der Waals surface area contributed by atoms with E-state index < -0.39 is 5.82 Å². The van der Waals surface area contributed by atoms with Crippen LogP contribution in [0, 0.1) is 5.82 Å². The largest absolute Gasteiger partial charge is 0.492 e. The van der Waals surface area contributed by atoms with Gasteiger partial charge in [0.15, 0.2) is 11.6 Å². The zero-order valence-electron chi connectivity index (χ0n) is 8.45. The summed E-state index contributed by atoms with van der Waals surface area (Å²) >= 11 is 5.76. The standard InChI is InChI=1S/C9H10ClFN4O/c1-16-8-6(10)2-5(3-7(8)11)4-14-15-9(12)13/h2-4H,1H3,(H4,12,13,15). The van der Waals surface area contributed by atoms with Gasteiger partial charge in [0.05, 0.1) is 18.3 Å². The molecule has 0 amide bonds. The second-order valence-electron chi connectivity index (χ2n) is 2.79. The highest BCUT2D eigenvalue weighted by Crippen LogP contribution is 2.28. The molecule has 0 heterocycles. The summed E-state index contributed by atoms with van der Waals surface area (Å²) in [5.74, 6) is -0.780. The van der Waals surface area contributed by atoms with E-state index in [9.17, 15) is 4.39 Å². The van der Waals surface area contributed by atoms with Crippen molar-refractivity contribution in [3.05, 3.63) is 28.5 Å². The van der Waals surface area contributed by atoms with Crippen molar-refractivity contribution in [1.29, 1.82) is 0 Å². The fourth-order valence-corrected chi connectivity index (χ4v) is 1.30. The SMILES string of the molecule is COc1c(F)cc(C=NN=C(N)N)cc1Cl. The molecule has 0 saturated heterocycles. The Hall–Kier alpha value is -1.82. The van der Waals surface area contributed by atoms with Crippen LogP contribution in [-0.2, 0) is 0 Å². The Bertz CT molecular complexity index is 420. The Balaban J connectivity index is 3.00. The second-order valence-corrected chi connectivity index (χ2v) is 3.19. The fourth-order valence-electron chi connectivity index (χ4n) is 1.01. The number of rotatable bonds is 3. The molecule has 7 heteroatoms. The van der Waals surface area contributed by atoms with Crippen LogP contribution >= 0.6 is 11.6 Å². The maximum atomic E-state index is 13.3. The molecule has 0 aliphatic rings. The van der Waals surface area contributed by atoms with E-state index in [4.69, 9.17) is 27.8 Å². The summed E-state index contributed by atoms with van der Waals surface area (Å²) in [6.07, 6.45) is 1.27. The zero-order chi connectivity index (χ0) is 12.1. The van der Waals surface area contributed by atoms with Crippen LogP contribution in [0.5, 0.6) is 5.75 Å². The lowest BCUT2D eigenvalue weighted by Gasteiger charge is -2.04. The molecule has 86 valence electrons. The number of guanidine groups is 1. The van der Waals surface area contributed by atoms with E-state index in [1.165, 1.54) is 25.5 Å². The van der Waals surface area contributed by atoms with Crippen molar-refractivity contribution in [3.63, 3.8) is 0 Å². The highest BCUT2D eigenvalue weighted by atomic mass is 35.5. The van der Waals surface area contributed by atoms with Crippen LogP contribution in [0.4, 0.5) is 4.39 Å². The van der Waals surface area contributed by atoms with Crippen molar-refractivity contribution < 1.29 is 9.13 Å². The predicted molar refractivity (Wildman–Crippen MR) is 61.4 cm³/mol. The van der Waals surface area contributed by atoms with E-state index in [0.717, 1.165) is 0 Å². The minimum Gasteiger partial charge on any atom is -0.492 e. The topological polar surface area (TPSA) is 86.0 Å². The van der Waals surface area contributed by atoms with Crippen LogP contribution in [0.25, 0.3) is 0 Å². The first kappa shape index (κ1) is 12.3. The average molecular weight is 245 g/mol. The zero-order valence-corrected chi connectivity index (χ0v) is 9.20. The van der Waals surface area contributed by atoms with Crippen molar-refractivity contribution in [2.45, 2.75) is 0 Å². The molecule has 1 aromatic rings. The Morgan fingerprint density at radius 3 is 2.69 bits per heavy atom. The van der Waals surface area contributed by atoms with E-state index in [0.29, 0.717) is 5.56 Å². The van der Waals surface area contributed by atoms with Crippen LogP contribution < -0.4 is 16.2 Å². The molecule has 0 unspecified atom stereocenters. The Kier molecular flexibility index (Phi) is 4.07. The molecule has 0 radical (unpaired) electrons. The monoisotopic (exact) mass is 244 g/mol. The number of nitrogens with two attached hydrogens (primary N) is 2. The molecular weight excluding hydrogens is 235 g/mol. The molecule has 0 bridgehead atoms. The van der Waals surface area contributed by atoms with Crippen molar-refractivity contribution in [2.75, 3.05) is 7.11 Å². The highest BCUT2D eigenvalue weighted by Gasteiger charge is 2.08. The van der Waals surface area contributed by atoms with Gasteiger partial charge in [0, 0.05) is 0 Å². The second kappa shape index (κ2) is 5.32. The molecule has 5 nitrogen and oxygen atoms in total. The number of nitrogens with zero attached hydrogens (tertiary/aromatic N) is 2. The predicted octanol–water partition coefficient (Wildman–Crippen LogP) is 1.10. The molecule has 4 N–H and O–H groups in total. The quantitative estimate of drug-likeness (QED) is 0.474. The molecule has 1 aromatic carbocycles. The number of hydrogen-bond donors (Lipinski definition) is 2. The summed E-state index contributed by atoms with van der Waals surface area (Å²) in [6.45, 7) is 0. The van der Waals surface area contributed by atoms with E-state index in [-0.39, 0.29) is 16.7 Å². The lowest BCUT2D eigenvalue weighted by atomic mass is 10.2. The lowest BCUT2D eigenvalue weighted by Crippen LogP contribution is -2.21. The normalized spacial score (nSPS) is 10.4. The third-order valence-corrected chi connectivity index (χ3v) is 1.89. The van der Waals surface area contributed by atoms with Gasteiger partial charge in [-0.05, 0) is 17.7 Å². The van der Waals surface area contributed by atoms with Gasteiger partial charge in [-0.2, -0.15) is 5.10 Å². The first-order valence-corrected chi connectivity index (χ1v) is 4.57. The van der Waals surface area contributed by atoms with Crippen LogP contribution in [-0.4, -0.2) is 19.3 Å². The number of methoxy groups -OCH3 is 1. The van der Waals surface area contributed by atoms with Gasteiger partial charge in [0.25, 0.3) is 0 Å². The van der Waals surface area contributed by atoms with Gasteiger partial charge in [-0.15, -0.1) is 5.10 Å². The van der Waals surface area contributed by atoms with Gasteiger partial charge >= 0.3 is 0 Å². The first-order chi connectivity index (χ1) is 7.54. The summed E-state index contributed by atoms with van der Waals surface area (Å²) in [5, 5.41) is 7.04. The molecule has 0 aliphatic carbocycles. The molecule has 16 heavy (non-hydrogen) atoms. The van der Waals surface area contributed by atoms with Gasteiger partial charge in [-0.25, -0.2) is 4.39 Å². The molecule has 0 atom stereocenters. The third-order valence-electron chi connectivity index (χ3n) is 1.60. The lowest BCUT2D eigenvalue weighted by molar-refractivity contribution is 0.387. The van der Waals surface area contributed by atoms with E-state index >= 15 is 0 Å². The molecule has 0 aromatic heterocycles. The van der Waals surface area contributed by atoms with E-state index in [1.54, 1.807) is 0 Å². The van der Waals surface area contributed by atoms with Gasteiger partial charge in [-0.3, -0.25) is 0 Å². The van der Waals surface area contributed by atoms with Crippen molar-refractivity contribution in [3.8, 4) is 5.75 Å². The Morgan fingerprint density at radius 2 is 2.19 bits per heavy atom. The van der Waals surface area contributed by atoms with Crippen molar-refractivity contribution >= 4 is 23.8 Å². The first-order valence-electron chi connectivity index (χ1n) is 4.19. The Morgan fingerprint density at radius 1 is 1.50 bits per heavy atom. The van der Waals surface area contributed by atoms with Crippen LogP contribution in [0.1, 0.15) is 5.56 Å². The van der Waals surface area contributed by atoms with Gasteiger partial charge in [0.2, 0.25) is 5.96 Å². The van der Waals surface area contributed by atoms with E-state index in [1.807, 2.05) is 0 Å². The maximum absolute atomic E-state index is 13.3. The number of benzene rings is 1. The minimum absolute atomic E-state index is 0.0133. The fraction of sp³-hybridized carbons (Fsp3) is 0.111. The van der Waals surface area contributed by atoms with Crippen molar-refractivity contribution in [1.82, 2.24) is 0 Å². The third kappa shape index (κ3) is 3.09. The summed E-state index contributed by atoms with van der Waals surface area (Å²) in [4.78, 5) is 0. The molecule has 0 saturated carbocycles. The average Bonchev–Trinajstić information content (AvgIpc) is 2.16. The van der Waals surface area contributed by atoms with Gasteiger partial charge in [-0.1, -0.05) is 11.6 Å². The van der Waals surface area contributed by atoms with Crippen LogP contribution in [0.15, 0.2) is 22.3 Å². The van der Waals surface area contributed by atoms with Crippen LogP contribution in [0.3, 0.4) is 0 Å². The summed E-state index contributed by atoms with van der Waals surface area (Å²) in [6, 6.07) is 2.69. The molecular formula is C9H10ClFN4O. The molecule has 1 rings (SSSR count). The number of halogens is 2. The van der Waals surface area contributed by atoms with Gasteiger partial charge in [0.1, 0.15) is 0 Å². The summed E-state index contributed by atoms with van der Waals surface area (Å²) in [7, 11) is 1.33. The smallest absolute Gasteiger partial charge is 0.211 e. The van der Waals surface area contributed by atoms with Crippen LogP contribution in [0.2, 0.25) is 5.02 Å². The van der Waals surface area contributed by atoms with E-state index in [2.05, 4.69) is 10.2 Å². The number of hydrogen-bond acceptors (Lipinski definition) is 3. The maximum Gasteiger partial charge on any atom is 0.211 e. The highest BCUT2D eigenvalue weighted by molar-refractivity contribution is 6.32. The molecule has 0 fully saturated rings. The molecule has 0 spiro atoms. The molecule has 0 aliphatic heterocycles. The minimum atomic E-state index is -0.582. The number of ether oxygens (including phenoxy) is 1. The van der Waals surface area contributed by atoms with Gasteiger partial charge < -0.3 is 16.2 Å². The Labute approximate surface area is 96.5 Å². The van der Waals surface area contributed by atoms with Crippen molar-refractivity contribution in [2.24, 2.45) is 21.7 Å².